The Labute approximate surface area is 89.1 Å². The zero-order chi connectivity index (χ0) is 9.97. The zero-order valence-corrected chi connectivity index (χ0v) is 8.85. The predicted octanol–water partition coefficient (Wildman–Crippen LogP) is 1.07. The van der Waals surface area contributed by atoms with Crippen LogP contribution in [-0.2, 0) is 6.54 Å². The maximum Gasteiger partial charge on any atom is 0.136 e. The van der Waals surface area contributed by atoms with Gasteiger partial charge in [-0.05, 0) is 22.0 Å². The molecule has 0 aliphatic heterocycles. The Morgan fingerprint density at radius 3 is 2.93 bits per heavy atom. The van der Waals surface area contributed by atoms with E-state index in [9.17, 15) is 0 Å². The molecule has 2 aromatic heterocycles. The van der Waals surface area contributed by atoms with Gasteiger partial charge in [-0.25, -0.2) is 14.6 Å². The van der Waals surface area contributed by atoms with Crippen LogP contribution in [0.25, 0.3) is 0 Å². The number of hydrogen-bond donors (Lipinski definition) is 1. The number of nitrogen functional groups attached to an aromatic ring is 1. The van der Waals surface area contributed by atoms with Gasteiger partial charge >= 0.3 is 0 Å². The molecule has 2 rings (SSSR count). The lowest BCUT2D eigenvalue weighted by Gasteiger charge is -2.02. The van der Waals surface area contributed by atoms with Crippen molar-refractivity contribution >= 4 is 21.7 Å². The molecule has 2 N–H and O–H groups in total. The molecule has 0 aliphatic rings. The largest absolute Gasteiger partial charge is 0.383 e. The average molecular weight is 254 g/mol. The maximum absolute atomic E-state index is 5.76. The lowest BCUT2D eigenvalue weighted by atomic mass is 10.4. The molecule has 0 amide bonds. The van der Waals surface area contributed by atoms with Gasteiger partial charge in [0.05, 0.1) is 22.9 Å². The minimum Gasteiger partial charge on any atom is -0.383 e. The van der Waals surface area contributed by atoms with Crippen molar-refractivity contribution in [1.82, 2.24) is 19.7 Å². The van der Waals surface area contributed by atoms with Gasteiger partial charge in [0.1, 0.15) is 12.1 Å². The van der Waals surface area contributed by atoms with E-state index in [1.54, 1.807) is 17.1 Å². The van der Waals surface area contributed by atoms with Gasteiger partial charge in [0, 0.05) is 6.20 Å². The molecule has 6 heteroatoms. The Hall–Kier alpha value is -1.43. The first kappa shape index (κ1) is 9.14. The molecule has 14 heavy (non-hydrogen) atoms. The summed E-state index contributed by atoms with van der Waals surface area (Å²) in [6, 6.07) is 1.83. The summed E-state index contributed by atoms with van der Waals surface area (Å²) in [4.78, 5) is 7.91. The van der Waals surface area contributed by atoms with Crippen molar-refractivity contribution in [3.05, 3.63) is 35.0 Å². The van der Waals surface area contributed by atoms with E-state index in [2.05, 4.69) is 31.0 Å². The van der Waals surface area contributed by atoms with Crippen LogP contribution in [0, 0.1) is 0 Å². The summed E-state index contributed by atoms with van der Waals surface area (Å²) >= 11 is 3.29. The third-order valence-electron chi connectivity index (χ3n) is 1.79. The van der Waals surface area contributed by atoms with Gasteiger partial charge in [0.2, 0.25) is 0 Å². The van der Waals surface area contributed by atoms with Crippen LogP contribution in [0.2, 0.25) is 0 Å². The van der Waals surface area contributed by atoms with E-state index in [0.29, 0.717) is 12.4 Å². The van der Waals surface area contributed by atoms with Gasteiger partial charge in [0.25, 0.3) is 0 Å². The molecule has 0 saturated carbocycles. The van der Waals surface area contributed by atoms with Crippen LogP contribution in [-0.4, -0.2) is 19.7 Å². The number of nitrogens with zero attached hydrogens (tertiary/aromatic N) is 4. The summed E-state index contributed by atoms with van der Waals surface area (Å²) in [6.45, 7) is 0.556. The molecular formula is C8H8BrN5. The Morgan fingerprint density at radius 2 is 2.36 bits per heavy atom. The zero-order valence-electron chi connectivity index (χ0n) is 7.26. The van der Waals surface area contributed by atoms with Crippen LogP contribution in [0.4, 0.5) is 5.82 Å². The number of aromatic nitrogens is 4. The molecule has 0 bridgehead atoms. The van der Waals surface area contributed by atoms with Crippen molar-refractivity contribution < 1.29 is 0 Å². The standard InChI is InChI=1S/C8H8BrN5/c9-7-3-13-14(8(7)10)4-6-1-2-11-5-12-6/h1-3,5H,4,10H2. The molecule has 0 saturated heterocycles. The third kappa shape index (κ3) is 1.74. The lowest BCUT2D eigenvalue weighted by Crippen LogP contribution is -2.07. The van der Waals surface area contributed by atoms with E-state index in [-0.39, 0.29) is 0 Å². The van der Waals surface area contributed by atoms with E-state index in [0.717, 1.165) is 10.2 Å². The minimum atomic E-state index is 0.556. The molecule has 0 fully saturated rings. The van der Waals surface area contributed by atoms with Crippen LogP contribution in [0.5, 0.6) is 0 Å². The first-order valence-corrected chi connectivity index (χ1v) is 4.78. The summed E-state index contributed by atoms with van der Waals surface area (Å²) in [7, 11) is 0. The van der Waals surface area contributed by atoms with Crippen LogP contribution >= 0.6 is 15.9 Å². The highest BCUT2D eigenvalue weighted by atomic mass is 79.9. The summed E-state index contributed by atoms with van der Waals surface area (Å²) < 4.78 is 2.47. The number of nitrogens with two attached hydrogens (primary N) is 1. The highest BCUT2D eigenvalue weighted by Gasteiger charge is 2.04. The van der Waals surface area contributed by atoms with Crippen LogP contribution in [0.15, 0.2) is 29.3 Å². The summed E-state index contributed by atoms with van der Waals surface area (Å²) in [5.41, 5.74) is 6.64. The lowest BCUT2D eigenvalue weighted by molar-refractivity contribution is 0.680. The monoisotopic (exact) mass is 253 g/mol. The highest BCUT2D eigenvalue weighted by molar-refractivity contribution is 9.10. The van der Waals surface area contributed by atoms with E-state index >= 15 is 0 Å². The second kappa shape index (κ2) is 3.75. The smallest absolute Gasteiger partial charge is 0.136 e. The van der Waals surface area contributed by atoms with Crippen molar-refractivity contribution in [2.24, 2.45) is 0 Å². The molecule has 0 radical (unpaired) electrons. The number of rotatable bonds is 2. The van der Waals surface area contributed by atoms with Crippen LogP contribution in [0.3, 0.4) is 0 Å². The van der Waals surface area contributed by atoms with Crippen molar-refractivity contribution in [2.75, 3.05) is 5.73 Å². The van der Waals surface area contributed by atoms with Crippen LogP contribution < -0.4 is 5.73 Å². The average Bonchev–Trinajstić information content (AvgIpc) is 2.52. The van der Waals surface area contributed by atoms with Gasteiger partial charge in [0.15, 0.2) is 0 Å². The molecule has 2 heterocycles. The summed E-state index contributed by atoms with van der Waals surface area (Å²) in [5.74, 6) is 0.601. The Bertz CT molecular complexity index is 425. The van der Waals surface area contributed by atoms with E-state index in [1.807, 2.05) is 6.07 Å². The highest BCUT2D eigenvalue weighted by Crippen LogP contribution is 2.18. The number of halogens is 1. The fourth-order valence-electron chi connectivity index (χ4n) is 1.06. The van der Waals surface area contributed by atoms with Crippen molar-refractivity contribution in [3.63, 3.8) is 0 Å². The van der Waals surface area contributed by atoms with Gasteiger partial charge in [-0.3, -0.25) is 0 Å². The molecular weight excluding hydrogens is 246 g/mol. The predicted molar refractivity (Wildman–Crippen MR) is 55.5 cm³/mol. The molecule has 72 valence electrons. The molecule has 5 nitrogen and oxygen atoms in total. The summed E-state index contributed by atoms with van der Waals surface area (Å²) in [5, 5.41) is 4.09. The fraction of sp³-hybridized carbons (Fsp3) is 0.125. The second-order valence-electron chi connectivity index (χ2n) is 2.74. The summed E-state index contributed by atoms with van der Waals surface area (Å²) in [6.07, 6.45) is 4.86. The molecule has 0 unspecified atom stereocenters. The molecule has 0 aliphatic carbocycles. The Balaban J connectivity index is 2.23. The van der Waals surface area contributed by atoms with Gasteiger partial charge in [-0.2, -0.15) is 5.10 Å². The van der Waals surface area contributed by atoms with E-state index < -0.39 is 0 Å². The van der Waals surface area contributed by atoms with Gasteiger partial charge < -0.3 is 5.73 Å². The van der Waals surface area contributed by atoms with Crippen molar-refractivity contribution in [3.8, 4) is 0 Å². The van der Waals surface area contributed by atoms with E-state index in [4.69, 9.17) is 5.73 Å². The molecule has 0 atom stereocenters. The van der Waals surface area contributed by atoms with Crippen molar-refractivity contribution in [1.29, 1.82) is 0 Å². The molecule has 0 aromatic carbocycles. The fourth-order valence-corrected chi connectivity index (χ4v) is 1.36. The Kier molecular flexibility index (Phi) is 2.45. The van der Waals surface area contributed by atoms with E-state index in [1.165, 1.54) is 6.33 Å². The third-order valence-corrected chi connectivity index (χ3v) is 2.40. The second-order valence-corrected chi connectivity index (χ2v) is 3.59. The van der Waals surface area contributed by atoms with Gasteiger partial charge in [-0.1, -0.05) is 0 Å². The van der Waals surface area contributed by atoms with Crippen LogP contribution in [0.1, 0.15) is 5.69 Å². The topological polar surface area (TPSA) is 69.6 Å². The quantitative estimate of drug-likeness (QED) is 0.870. The number of hydrogen-bond acceptors (Lipinski definition) is 4. The SMILES string of the molecule is Nc1c(Br)cnn1Cc1ccncn1. The molecule has 2 aromatic rings. The first-order chi connectivity index (χ1) is 6.77. The first-order valence-electron chi connectivity index (χ1n) is 3.99. The number of anilines is 1. The normalized spacial score (nSPS) is 10.4. The minimum absolute atomic E-state index is 0.556. The maximum atomic E-state index is 5.76. The Morgan fingerprint density at radius 1 is 1.50 bits per heavy atom. The van der Waals surface area contributed by atoms with Gasteiger partial charge in [-0.15, -0.1) is 0 Å². The van der Waals surface area contributed by atoms with Crippen molar-refractivity contribution in [2.45, 2.75) is 6.54 Å². The molecule has 0 spiro atoms.